The first-order valence-corrected chi connectivity index (χ1v) is 12.1. The molecule has 9 heteroatoms. The quantitative estimate of drug-likeness (QED) is 0.536. The number of hydrogen-bond acceptors (Lipinski definition) is 6. The van der Waals surface area contributed by atoms with E-state index >= 15 is 0 Å². The molecule has 1 heterocycles. The van der Waals surface area contributed by atoms with Crippen molar-refractivity contribution in [1.29, 1.82) is 5.26 Å². The minimum atomic E-state index is -1.36. The number of nitrogens with one attached hydrogen (secondary N) is 1. The molecule has 2 fully saturated rings. The van der Waals surface area contributed by atoms with Crippen LogP contribution in [0, 0.1) is 22.7 Å². The Morgan fingerprint density at radius 3 is 2.33 bits per heavy atom. The summed E-state index contributed by atoms with van der Waals surface area (Å²) in [5.41, 5.74) is -0.0584. The highest BCUT2D eigenvalue weighted by atomic mass is 35.5. The average Bonchev–Trinajstić information content (AvgIpc) is 3.49. The molecular weight excluding hydrogens is 445 g/mol. The van der Waals surface area contributed by atoms with Crippen molar-refractivity contribution in [2.45, 2.75) is 63.5 Å². The Balaban J connectivity index is 1.80. The standard InChI is InChI=1S/C21H29Cl2N3O3S/c1-20(2,3)30(29)25-18(14-10-15(22)16(23)11-17(14)27)13-4-8-26(9-5-13)19(28)21(12-24)6-7-21/h10-11,13,18-19,25,27-28H,4-9H2,1-3H3. The van der Waals surface area contributed by atoms with E-state index in [2.05, 4.69) is 10.8 Å². The van der Waals surface area contributed by atoms with Gasteiger partial charge in [0.05, 0.1) is 27.6 Å². The number of likely N-dealkylation sites (tertiary alicyclic amines) is 1. The summed E-state index contributed by atoms with van der Waals surface area (Å²) >= 11 is 10.9. The molecule has 1 aromatic carbocycles. The number of phenols is 1. The molecule has 6 nitrogen and oxygen atoms in total. The van der Waals surface area contributed by atoms with Crippen molar-refractivity contribution in [3.8, 4) is 11.8 Å². The molecule has 1 aliphatic carbocycles. The maximum absolute atomic E-state index is 12.9. The molecule has 0 spiro atoms. The van der Waals surface area contributed by atoms with Gasteiger partial charge in [-0.2, -0.15) is 5.26 Å². The second-order valence-electron chi connectivity index (χ2n) is 9.32. The van der Waals surface area contributed by atoms with E-state index in [1.807, 2.05) is 25.7 Å². The Hall–Kier alpha value is -0.720. The second-order valence-corrected chi connectivity index (χ2v) is 12.1. The number of aliphatic hydroxyl groups excluding tert-OH is 1. The number of halogens is 2. The van der Waals surface area contributed by atoms with Crippen LogP contribution in [0.2, 0.25) is 10.0 Å². The van der Waals surface area contributed by atoms with Crippen LogP contribution in [-0.2, 0) is 11.4 Å². The highest BCUT2D eigenvalue weighted by Crippen LogP contribution is 2.50. The molecule has 3 rings (SSSR count). The van der Waals surface area contributed by atoms with Gasteiger partial charge in [0.1, 0.15) is 16.7 Å². The second kappa shape index (κ2) is 9.03. The van der Waals surface area contributed by atoms with Gasteiger partial charge in [0.2, 0.25) is 0 Å². The van der Waals surface area contributed by atoms with Gasteiger partial charge in [-0.25, -0.2) is 0 Å². The molecule has 0 radical (unpaired) electrons. The van der Waals surface area contributed by atoms with Gasteiger partial charge in [-0.1, -0.05) is 23.2 Å². The lowest BCUT2D eigenvalue weighted by atomic mass is 9.85. The van der Waals surface area contributed by atoms with Crippen molar-refractivity contribution in [3.05, 3.63) is 27.7 Å². The molecule has 0 amide bonds. The Kier molecular flexibility index (Phi) is 7.20. The lowest BCUT2D eigenvalue weighted by Gasteiger charge is -2.40. The highest BCUT2D eigenvalue weighted by molar-refractivity contribution is 7.90. The number of piperidine rings is 1. The van der Waals surface area contributed by atoms with Crippen LogP contribution >= 0.6 is 23.2 Å². The molecule has 1 aliphatic heterocycles. The van der Waals surface area contributed by atoms with Gasteiger partial charge >= 0.3 is 0 Å². The molecule has 2 aliphatic rings. The van der Waals surface area contributed by atoms with Crippen LogP contribution in [0.25, 0.3) is 0 Å². The van der Waals surface area contributed by atoms with E-state index in [0.29, 0.717) is 23.7 Å². The minimum absolute atomic E-state index is 0.0108. The van der Waals surface area contributed by atoms with Gasteiger partial charge in [0.15, 0.2) is 0 Å². The molecule has 30 heavy (non-hydrogen) atoms. The van der Waals surface area contributed by atoms with Crippen LogP contribution in [0.4, 0.5) is 0 Å². The van der Waals surface area contributed by atoms with E-state index in [1.165, 1.54) is 6.07 Å². The molecule has 166 valence electrons. The monoisotopic (exact) mass is 473 g/mol. The lowest BCUT2D eigenvalue weighted by Crippen LogP contribution is -2.49. The molecule has 1 saturated heterocycles. The fraction of sp³-hybridized carbons (Fsp3) is 0.667. The van der Waals surface area contributed by atoms with Crippen molar-refractivity contribution in [1.82, 2.24) is 9.62 Å². The van der Waals surface area contributed by atoms with Crippen LogP contribution in [0.5, 0.6) is 5.75 Å². The summed E-state index contributed by atoms with van der Waals surface area (Å²) in [6.07, 6.45) is 2.15. The van der Waals surface area contributed by atoms with Crippen LogP contribution in [-0.4, -0.2) is 43.7 Å². The number of rotatable bonds is 6. The van der Waals surface area contributed by atoms with Crippen LogP contribution < -0.4 is 4.72 Å². The summed E-state index contributed by atoms with van der Waals surface area (Å²) in [4.78, 5) is 1.96. The van der Waals surface area contributed by atoms with Crippen LogP contribution in [0.15, 0.2) is 12.1 Å². The Labute approximate surface area is 191 Å². The molecule has 0 bridgehead atoms. The molecule has 1 saturated carbocycles. The van der Waals surface area contributed by atoms with E-state index in [9.17, 15) is 20.0 Å². The average molecular weight is 474 g/mol. The summed E-state index contributed by atoms with van der Waals surface area (Å²) in [5.74, 6) is 0.0804. The van der Waals surface area contributed by atoms with Gasteiger partial charge in [0, 0.05) is 36.1 Å². The third kappa shape index (κ3) is 5.02. The SMILES string of the molecule is CC(C)(C)[S+]([O-])NC(c1cc(Cl)c(Cl)cc1O)C1CCN(C(O)C2(C#N)CC2)CC1. The van der Waals surface area contributed by atoms with Crippen molar-refractivity contribution >= 4 is 34.6 Å². The fourth-order valence-electron chi connectivity index (χ4n) is 3.92. The number of aromatic hydroxyl groups is 1. The lowest BCUT2D eigenvalue weighted by molar-refractivity contribution is -0.0518. The summed E-state index contributed by atoms with van der Waals surface area (Å²) in [6, 6.07) is 4.93. The van der Waals surface area contributed by atoms with Gasteiger partial charge in [-0.05, 0) is 58.4 Å². The normalized spacial score (nSPS) is 22.9. The van der Waals surface area contributed by atoms with Crippen molar-refractivity contribution in [3.63, 3.8) is 0 Å². The largest absolute Gasteiger partial charge is 0.598 e. The fourth-order valence-corrected chi connectivity index (χ4v) is 5.15. The summed E-state index contributed by atoms with van der Waals surface area (Å²) < 4.78 is 15.6. The van der Waals surface area contributed by atoms with Crippen LogP contribution in [0.3, 0.4) is 0 Å². The Morgan fingerprint density at radius 1 is 1.27 bits per heavy atom. The predicted octanol–water partition coefficient (Wildman–Crippen LogP) is 4.13. The number of benzene rings is 1. The highest BCUT2D eigenvalue weighted by Gasteiger charge is 2.52. The first-order chi connectivity index (χ1) is 14.0. The van der Waals surface area contributed by atoms with Crippen LogP contribution in [0.1, 0.15) is 58.1 Å². The number of phenolic OH excluding ortho intramolecular Hbond substituents is 1. The summed E-state index contributed by atoms with van der Waals surface area (Å²) in [5, 5.41) is 31.1. The molecule has 3 unspecified atom stereocenters. The van der Waals surface area contributed by atoms with Gasteiger partial charge in [0.25, 0.3) is 0 Å². The third-order valence-corrected chi connectivity index (χ3v) is 8.39. The maximum Gasteiger partial charge on any atom is 0.136 e. The predicted molar refractivity (Wildman–Crippen MR) is 119 cm³/mol. The third-order valence-electron chi connectivity index (χ3n) is 6.09. The zero-order valence-corrected chi connectivity index (χ0v) is 19.8. The first-order valence-electron chi connectivity index (χ1n) is 10.2. The van der Waals surface area contributed by atoms with Crippen molar-refractivity contribution in [2.24, 2.45) is 11.3 Å². The Morgan fingerprint density at radius 2 is 1.83 bits per heavy atom. The van der Waals surface area contributed by atoms with Crippen molar-refractivity contribution < 1.29 is 14.8 Å². The van der Waals surface area contributed by atoms with Gasteiger partial charge < -0.3 is 14.8 Å². The molecular formula is C21H29Cl2N3O3S. The number of nitrogens with zero attached hydrogens (tertiary/aromatic N) is 2. The first kappa shape index (κ1) is 23.9. The smallest absolute Gasteiger partial charge is 0.136 e. The maximum atomic E-state index is 12.9. The van der Waals surface area contributed by atoms with Gasteiger partial charge in [-0.3, -0.25) is 4.90 Å². The number of hydrogen-bond donors (Lipinski definition) is 3. The van der Waals surface area contributed by atoms with E-state index < -0.39 is 27.8 Å². The zero-order chi connectivity index (χ0) is 22.3. The molecule has 3 atom stereocenters. The van der Waals surface area contributed by atoms with E-state index in [4.69, 9.17) is 23.2 Å². The topological polar surface area (TPSA) is 103 Å². The Bertz CT molecular complexity index is 815. The number of nitriles is 1. The van der Waals surface area contributed by atoms with E-state index in [-0.39, 0.29) is 22.7 Å². The number of aliphatic hydroxyl groups is 1. The summed E-state index contributed by atoms with van der Waals surface area (Å²) in [7, 11) is 0. The summed E-state index contributed by atoms with van der Waals surface area (Å²) in [6.45, 7) is 6.91. The minimum Gasteiger partial charge on any atom is -0.598 e. The van der Waals surface area contributed by atoms with Crippen molar-refractivity contribution in [2.75, 3.05) is 13.1 Å². The molecule has 0 aromatic heterocycles. The molecule has 3 N–H and O–H groups in total. The van der Waals surface area contributed by atoms with Gasteiger partial charge in [-0.15, -0.1) is 4.72 Å². The van der Waals surface area contributed by atoms with E-state index in [0.717, 1.165) is 25.7 Å². The van der Waals surface area contributed by atoms with E-state index in [1.54, 1.807) is 6.07 Å². The molecule has 1 aromatic rings. The zero-order valence-electron chi connectivity index (χ0n) is 17.5.